The van der Waals surface area contributed by atoms with Crippen molar-refractivity contribution in [3.8, 4) is 0 Å². The minimum Gasteiger partial charge on any atom is -0.412 e. The van der Waals surface area contributed by atoms with Gasteiger partial charge in [-0.3, -0.25) is 5.84 Å². The van der Waals surface area contributed by atoms with Crippen molar-refractivity contribution in [2.45, 2.75) is 0 Å². The quantitative estimate of drug-likeness (QED) is 0.528. The molecule has 1 rings (SSSR count). The van der Waals surface area contributed by atoms with Crippen LogP contribution in [-0.2, 0) is 0 Å². The first-order valence-corrected chi connectivity index (χ1v) is 3.34. The summed E-state index contributed by atoms with van der Waals surface area (Å²) in [4.78, 5) is 0. The lowest BCUT2D eigenvalue weighted by Gasteiger charge is -1.96. The summed E-state index contributed by atoms with van der Waals surface area (Å²) in [6.45, 7) is 0. The first-order chi connectivity index (χ1) is 4.33. The van der Waals surface area contributed by atoms with Crippen molar-refractivity contribution in [1.82, 2.24) is 0 Å². The highest BCUT2D eigenvalue weighted by molar-refractivity contribution is 9.10. The molecule has 0 aliphatic carbocycles. The van der Waals surface area contributed by atoms with Gasteiger partial charge in [-0.1, -0.05) is 15.9 Å². The number of hydrogen-bond donors (Lipinski definition) is 2. The van der Waals surface area contributed by atoms with Crippen LogP contribution in [0.2, 0.25) is 0 Å². The van der Waals surface area contributed by atoms with E-state index in [-0.39, 0.29) is 5.48 Å². The van der Waals surface area contributed by atoms with Crippen molar-refractivity contribution in [1.29, 1.82) is 0 Å². The third-order valence-electron chi connectivity index (χ3n) is 1.01. The van der Waals surface area contributed by atoms with Gasteiger partial charge in [-0.2, -0.15) is 0 Å². The molecule has 0 unspecified atom stereocenters. The van der Waals surface area contributed by atoms with Crippen LogP contribution in [0.15, 0.2) is 28.7 Å². The lowest BCUT2D eigenvalue weighted by atomic mass is 10.3. The number of rotatable bonds is 1. The third kappa shape index (κ3) is 2.34. The summed E-state index contributed by atoms with van der Waals surface area (Å²) >= 11 is 3.31. The number of nitrogens with two attached hydrogens (primary N) is 1. The number of anilines is 1. The van der Waals surface area contributed by atoms with E-state index < -0.39 is 0 Å². The second-order valence-electron chi connectivity index (χ2n) is 1.65. The largest absolute Gasteiger partial charge is 0.412 e. The third-order valence-corrected chi connectivity index (χ3v) is 1.54. The van der Waals surface area contributed by atoms with E-state index in [1.807, 2.05) is 24.3 Å². The summed E-state index contributed by atoms with van der Waals surface area (Å²) in [5.74, 6) is 5.13. The van der Waals surface area contributed by atoms with Crippen LogP contribution in [0.1, 0.15) is 0 Å². The van der Waals surface area contributed by atoms with Crippen LogP contribution >= 0.6 is 15.9 Å². The molecule has 56 valence electrons. The van der Waals surface area contributed by atoms with Gasteiger partial charge in [0, 0.05) is 10.2 Å². The van der Waals surface area contributed by atoms with Crippen LogP contribution < -0.4 is 11.3 Å². The van der Waals surface area contributed by atoms with Crippen LogP contribution in [0.25, 0.3) is 0 Å². The topological polar surface area (TPSA) is 69.5 Å². The molecule has 0 aromatic heterocycles. The molecule has 0 spiro atoms. The predicted molar refractivity (Wildman–Crippen MR) is 45.6 cm³/mol. The summed E-state index contributed by atoms with van der Waals surface area (Å²) in [6, 6.07) is 7.64. The average Bonchev–Trinajstić information content (AvgIpc) is 1.90. The van der Waals surface area contributed by atoms with Gasteiger partial charge in [-0.05, 0) is 24.3 Å². The number of hydrazine groups is 1. The standard InChI is InChI=1S/C6H7BrN2.H2O/c7-5-1-3-6(9-8)4-2-5;/h1-4,9H,8H2;1H2. The molecule has 1 aromatic carbocycles. The molecular weight excluding hydrogens is 196 g/mol. The van der Waals surface area contributed by atoms with Crippen molar-refractivity contribution >= 4 is 21.6 Å². The smallest absolute Gasteiger partial charge is 0.0485 e. The minimum atomic E-state index is 0. The molecule has 0 aliphatic rings. The lowest BCUT2D eigenvalue weighted by molar-refractivity contribution is 0.824. The Balaban J connectivity index is 0.000000810. The Kier molecular flexibility index (Phi) is 4.02. The summed E-state index contributed by atoms with van der Waals surface area (Å²) in [7, 11) is 0. The Bertz CT molecular complexity index is 187. The number of halogens is 1. The number of hydrogen-bond acceptors (Lipinski definition) is 2. The fourth-order valence-electron chi connectivity index (χ4n) is 0.546. The summed E-state index contributed by atoms with van der Waals surface area (Å²) < 4.78 is 1.06. The van der Waals surface area contributed by atoms with Gasteiger partial charge in [0.25, 0.3) is 0 Å². The van der Waals surface area contributed by atoms with Crippen molar-refractivity contribution in [3.05, 3.63) is 28.7 Å². The van der Waals surface area contributed by atoms with E-state index in [1.165, 1.54) is 0 Å². The van der Waals surface area contributed by atoms with E-state index in [1.54, 1.807) is 0 Å². The van der Waals surface area contributed by atoms with E-state index in [4.69, 9.17) is 5.84 Å². The highest BCUT2D eigenvalue weighted by atomic mass is 79.9. The van der Waals surface area contributed by atoms with Crippen LogP contribution in [0, 0.1) is 0 Å². The van der Waals surface area contributed by atoms with Gasteiger partial charge < -0.3 is 10.9 Å². The zero-order valence-corrected chi connectivity index (χ0v) is 6.85. The SMILES string of the molecule is NNc1ccc(Br)cc1.O. The summed E-state index contributed by atoms with van der Waals surface area (Å²) in [5, 5.41) is 0. The fraction of sp³-hybridized carbons (Fsp3) is 0. The molecule has 4 heteroatoms. The van der Waals surface area contributed by atoms with Crippen molar-refractivity contribution in [3.63, 3.8) is 0 Å². The molecule has 0 saturated heterocycles. The zero-order chi connectivity index (χ0) is 6.69. The van der Waals surface area contributed by atoms with E-state index in [9.17, 15) is 0 Å². The molecule has 0 aliphatic heterocycles. The number of nitrogens with one attached hydrogen (secondary N) is 1. The van der Waals surface area contributed by atoms with E-state index in [0.29, 0.717) is 0 Å². The summed E-state index contributed by atoms with van der Waals surface area (Å²) in [5.41, 5.74) is 3.45. The second-order valence-corrected chi connectivity index (χ2v) is 2.57. The molecule has 10 heavy (non-hydrogen) atoms. The molecule has 0 radical (unpaired) electrons. The molecule has 1 aromatic rings. The van der Waals surface area contributed by atoms with Gasteiger partial charge in [0.05, 0.1) is 0 Å². The molecule has 0 atom stereocenters. The average molecular weight is 205 g/mol. The zero-order valence-electron chi connectivity index (χ0n) is 5.26. The Morgan fingerprint density at radius 1 is 1.20 bits per heavy atom. The van der Waals surface area contributed by atoms with Crippen LogP contribution in [0.3, 0.4) is 0 Å². The van der Waals surface area contributed by atoms with Crippen LogP contribution in [0.5, 0.6) is 0 Å². The van der Waals surface area contributed by atoms with Gasteiger partial charge in [-0.15, -0.1) is 0 Å². The Labute approximate surface area is 67.6 Å². The predicted octanol–water partition coefficient (Wildman–Crippen LogP) is 0.910. The van der Waals surface area contributed by atoms with Crippen molar-refractivity contribution in [2.24, 2.45) is 5.84 Å². The van der Waals surface area contributed by atoms with Gasteiger partial charge >= 0.3 is 0 Å². The molecule has 0 saturated carbocycles. The van der Waals surface area contributed by atoms with Gasteiger partial charge in [-0.25, -0.2) is 0 Å². The normalized spacial score (nSPS) is 8.20. The maximum absolute atomic E-state index is 5.13. The molecule has 0 heterocycles. The fourth-order valence-corrected chi connectivity index (χ4v) is 0.810. The molecule has 5 N–H and O–H groups in total. The summed E-state index contributed by atoms with van der Waals surface area (Å²) in [6.07, 6.45) is 0. The molecule has 0 bridgehead atoms. The second kappa shape index (κ2) is 4.27. The Hall–Kier alpha value is -0.580. The van der Waals surface area contributed by atoms with E-state index in [2.05, 4.69) is 21.4 Å². The Morgan fingerprint density at radius 2 is 1.70 bits per heavy atom. The number of benzene rings is 1. The Morgan fingerprint density at radius 3 is 2.10 bits per heavy atom. The molecule has 3 nitrogen and oxygen atoms in total. The maximum atomic E-state index is 5.13. The van der Waals surface area contributed by atoms with Crippen LogP contribution in [0.4, 0.5) is 5.69 Å². The van der Waals surface area contributed by atoms with Gasteiger partial charge in [0.1, 0.15) is 0 Å². The highest BCUT2D eigenvalue weighted by Crippen LogP contribution is 2.12. The van der Waals surface area contributed by atoms with E-state index in [0.717, 1.165) is 10.2 Å². The first-order valence-electron chi connectivity index (χ1n) is 2.55. The van der Waals surface area contributed by atoms with Gasteiger partial charge in [0.2, 0.25) is 0 Å². The van der Waals surface area contributed by atoms with Gasteiger partial charge in [0.15, 0.2) is 0 Å². The van der Waals surface area contributed by atoms with Crippen LogP contribution in [-0.4, -0.2) is 5.48 Å². The maximum Gasteiger partial charge on any atom is 0.0485 e. The highest BCUT2D eigenvalue weighted by Gasteiger charge is 1.85. The molecule has 0 fully saturated rings. The number of nitrogen functional groups attached to an aromatic ring is 1. The monoisotopic (exact) mass is 204 g/mol. The van der Waals surface area contributed by atoms with Crippen molar-refractivity contribution in [2.75, 3.05) is 5.43 Å². The molecule has 0 amide bonds. The van der Waals surface area contributed by atoms with Crippen molar-refractivity contribution < 1.29 is 5.48 Å². The minimum absolute atomic E-state index is 0. The first kappa shape index (κ1) is 9.42. The lowest BCUT2D eigenvalue weighted by Crippen LogP contribution is -2.05. The van der Waals surface area contributed by atoms with E-state index >= 15 is 0 Å². The molecular formula is C6H9BrN2O.